The molecule has 0 fully saturated rings. The molecule has 0 radical (unpaired) electrons. The van der Waals surface area contributed by atoms with Crippen LogP contribution in [0, 0.1) is 13.8 Å². The molecule has 1 amide bonds. The van der Waals surface area contributed by atoms with Gasteiger partial charge < -0.3 is 14.8 Å². The molecule has 0 aliphatic carbocycles. The Bertz CT molecular complexity index is 664. The zero-order valence-electron chi connectivity index (χ0n) is 12.8. The predicted octanol–water partition coefficient (Wildman–Crippen LogP) is 3.08. The minimum absolute atomic E-state index is 0.0234. The van der Waals surface area contributed by atoms with Crippen LogP contribution < -0.4 is 10.2 Å². The smallest absolute Gasteiger partial charge is 0.221 e. The standard InChI is InChI=1S/C17H21N3O/c1-12-9-16(10-13(2)17(12)18-14(3)21)20-8-7-19-6-4-5-15(19)11-20/h4-6,9-10H,7-8,11H2,1-3H3,(H,18,21). The highest BCUT2D eigenvalue weighted by molar-refractivity contribution is 5.91. The van der Waals surface area contributed by atoms with Gasteiger partial charge in [-0.15, -0.1) is 0 Å². The van der Waals surface area contributed by atoms with Crippen LogP contribution in [0.5, 0.6) is 0 Å². The number of fused-ring (bicyclic) bond motifs is 1. The van der Waals surface area contributed by atoms with Gasteiger partial charge in [-0.25, -0.2) is 0 Å². The van der Waals surface area contributed by atoms with E-state index in [2.05, 4.69) is 59.1 Å². The highest BCUT2D eigenvalue weighted by atomic mass is 16.1. The Morgan fingerprint density at radius 2 is 1.90 bits per heavy atom. The lowest BCUT2D eigenvalue weighted by Crippen LogP contribution is -2.33. The summed E-state index contributed by atoms with van der Waals surface area (Å²) in [4.78, 5) is 13.7. The molecule has 0 saturated carbocycles. The fourth-order valence-electron chi connectivity index (χ4n) is 3.03. The first-order chi connectivity index (χ1) is 10.0. The molecule has 0 saturated heterocycles. The number of carbonyl (C=O) groups is 1. The summed E-state index contributed by atoms with van der Waals surface area (Å²) in [6.45, 7) is 8.62. The number of hydrogen-bond acceptors (Lipinski definition) is 2. The molecule has 1 aromatic carbocycles. The van der Waals surface area contributed by atoms with Gasteiger partial charge in [-0.05, 0) is 49.2 Å². The summed E-state index contributed by atoms with van der Waals surface area (Å²) in [6.07, 6.45) is 2.14. The monoisotopic (exact) mass is 283 g/mol. The van der Waals surface area contributed by atoms with Crippen LogP contribution in [-0.4, -0.2) is 17.0 Å². The van der Waals surface area contributed by atoms with Crippen molar-refractivity contribution in [3.63, 3.8) is 0 Å². The van der Waals surface area contributed by atoms with E-state index in [4.69, 9.17) is 0 Å². The third kappa shape index (κ3) is 2.66. The second kappa shape index (κ2) is 5.28. The van der Waals surface area contributed by atoms with Crippen LogP contribution in [0.1, 0.15) is 23.7 Å². The minimum Gasteiger partial charge on any atom is -0.364 e. The molecule has 0 spiro atoms. The molecule has 2 aromatic rings. The summed E-state index contributed by atoms with van der Waals surface area (Å²) in [5.74, 6) is -0.0234. The van der Waals surface area contributed by atoms with Gasteiger partial charge in [-0.1, -0.05) is 0 Å². The number of benzene rings is 1. The molecule has 0 atom stereocenters. The third-order valence-electron chi connectivity index (χ3n) is 4.07. The van der Waals surface area contributed by atoms with E-state index in [0.29, 0.717) is 0 Å². The van der Waals surface area contributed by atoms with Crippen molar-refractivity contribution >= 4 is 17.3 Å². The van der Waals surface area contributed by atoms with E-state index in [1.807, 2.05) is 0 Å². The lowest BCUT2D eigenvalue weighted by molar-refractivity contribution is -0.114. The van der Waals surface area contributed by atoms with Crippen LogP contribution in [0.2, 0.25) is 0 Å². The zero-order chi connectivity index (χ0) is 15.0. The summed E-state index contributed by atoms with van der Waals surface area (Å²) in [5, 5.41) is 2.92. The lowest BCUT2D eigenvalue weighted by atomic mass is 10.1. The van der Waals surface area contributed by atoms with Crippen molar-refractivity contribution in [2.24, 2.45) is 0 Å². The summed E-state index contributed by atoms with van der Waals surface area (Å²) < 4.78 is 2.31. The maximum Gasteiger partial charge on any atom is 0.221 e. The molecule has 3 rings (SSSR count). The van der Waals surface area contributed by atoms with Crippen LogP contribution in [0.3, 0.4) is 0 Å². The molecule has 4 nitrogen and oxygen atoms in total. The van der Waals surface area contributed by atoms with Gasteiger partial charge in [0.1, 0.15) is 0 Å². The van der Waals surface area contributed by atoms with Crippen molar-refractivity contribution in [1.29, 1.82) is 0 Å². The molecule has 1 aliphatic heterocycles. The van der Waals surface area contributed by atoms with Crippen molar-refractivity contribution in [3.05, 3.63) is 47.3 Å². The van der Waals surface area contributed by atoms with Crippen molar-refractivity contribution in [1.82, 2.24) is 4.57 Å². The number of nitrogens with zero attached hydrogens (tertiary/aromatic N) is 2. The maximum absolute atomic E-state index is 11.3. The van der Waals surface area contributed by atoms with Crippen molar-refractivity contribution in [2.45, 2.75) is 33.9 Å². The number of anilines is 2. The second-order valence-electron chi connectivity index (χ2n) is 5.75. The first-order valence-electron chi connectivity index (χ1n) is 7.32. The van der Waals surface area contributed by atoms with Crippen LogP contribution in [0.15, 0.2) is 30.5 Å². The molecular formula is C17H21N3O. The van der Waals surface area contributed by atoms with Gasteiger partial charge in [-0.3, -0.25) is 4.79 Å². The van der Waals surface area contributed by atoms with Gasteiger partial charge in [0, 0.05) is 43.3 Å². The van der Waals surface area contributed by atoms with E-state index in [9.17, 15) is 4.79 Å². The van der Waals surface area contributed by atoms with Gasteiger partial charge in [0.2, 0.25) is 5.91 Å². The summed E-state index contributed by atoms with van der Waals surface area (Å²) in [6, 6.07) is 8.61. The Morgan fingerprint density at radius 1 is 1.19 bits per heavy atom. The SMILES string of the molecule is CC(=O)Nc1c(C)cc(N2CCn3cccc3C2)cc1C. The number of nitrogens with one attached hydrogen (secondary N) is 1. The molecule has 2 heterocycles. The Kier molecular flexibility index (Phi) is 3.45. The molecule has 110 valence electrons. The first kappa shape index (κ1) is 13.7. The van der Waals surface area contributed by atoms with E-state index in [1.54, 1.807) is 6.92 Å². The summed E-state index contributed by atoms with van der Waals surface area (Å²) in [7, 11) is 0. The van der Waals surface area contributed by atoms with Gasteiger partial charge in [0.05, 0.1) is 6.54 Å². The van der Waals surface area contributed by atoms with E-state index in [0.717, 1.165) is 36.4 Å². The highest BCUT2D eigenvalue weighted by Crippen LogP contribution is 2.29. The normalized spacial score (nSPS) is 14.0. The van der Waals surface area contributed by atoms with Gasteiger partial charge >= 0.3 is 0 Å². The lowest BCUT2D eigenvalue weighted by Gasteiger charge is -2.31. The average molecular weight is 283 g/mol. The largest absolute Gasteiger partial charge is 0.364 e. The third-order valence-corrected chi connectivity index (χ3v) is 4.07. The Morgan fingerprint density at radius 3 is 2.57 bits per heavy atom. The molecule has 1 aliphatic rings. The number of hydrogen-bond donors (Lipinski definition) is 1. The molecule has 4 heteroatoms. The van der Waals surface area contributed by atoms with Crippen LogP contribution in [0.4, 0.5) is 11.4 Å². The first-order valence-corrected chi connectivity index (χ1v) is 7.32. The molecule has 0 unspecified atom stereocenters. The maximum atomic E-state index is 11.3. The zero-order valence-corrected chi connectivity index (χ0v) is 12.8. The number of aromatic nitrogens is 1. The van der Waals surface area contributed by atoms with Crippen molar-refractivity contribution in [2.75, 3.05) is 16.8 Å². The summed E-state index contributed by atoms with van der Waals surface area (Å²) in [5.41, 5.74) is 5.74. The quantitative estimate of drug-likeness (QED) is 0.919. The van der Waals surface area contributed by atoms with Crippen molar-refractivity contribution in [3.8, 4) is 0 Å². The fourth-order valence-corrected chi connectivity index (χ4v) is 3.03. The van der Waals surface area contributed by atoms with Crippen LogP contribution in [0.25, 0.3) is 0 Å². The number of amides is 1. The Balaban J connectivity index is 1.89. The fraction of sp³-hybridized carbons (Fsp3) is 0.353. The van der Waals surface area contributed by atoms with E-state index in [1.165, 1.54) is 11.4 Å². The highest BCUT2D eigenvalue weighted by Gasteiger charge is 2.17. The van der Waals surface area contributed by atoms with Gasteiger partial charge in [-0.2, -0.15) is 0 Å². The van der Waals surface area contributed by atoms with Crippen LogP contribution in [-0.2, 0) is 17.9 Å². The number of aryl methyl sites for hydroxylation is 2. The number of rotatable bonds is 2. The Labute approximate surface area is 125 Å². The molecular weight excluding hydrogens is 262 g/mol. The van der Waals surface area contributed by atoms with Gasteiger partial charge in [0.25, 0.3) is 0 Å². The van der Waals surface area contributed by atoms with E-state index >= 15 is 0 Å². The van der Waals surface area contributed by atoms with E-state index in [-0.39, 0.29) is 5.91 Å². The second-order valence-corrected chi connectivity index (χ2v) is 5.75. The molecule has 1 aromatic heterocycles. The minimum atomic E-state index is -0.0234. The average Bonchev–Trinajstić information content (AvgIpc) is 2.89. The van der Waals surface area contributed by atoms with E-state index < -0.39 is 0 Å². The topological polar surface area (TPSA) is 37.3 Å². The predicted molar refractivity (Wildman–Crippen MR) is 85.7 cm³/mol. The Hall–Kier alpha value is -2.23. The summed E-state index contributed by atoms with van der Waals surface area (Å²) >= 11 is 0. The van der Waals surface area contributed by atoms with Crippen LogP contribution >= 0.6 is 0 Å². The number of carbonyl (C=O) groups excluding carboxylic acids is 1. The molecule has 0 bridgehead atoms. The molecule has 1 N–H and O–H groups in total. The van der Waals surface area contributed by atoms with Crippen molar-refractivity contribution < 1.29 is 4.79 Å². The van der Waals surface area contributed by atoms with Gasteiger partial charge in [0.15, 0.2) is 0 Å². The molecule has 21 heavy (non-hydrogen) atoms.